The number of ether oxygens (including phenoxy) is 1. The molecule has 0 spiro atoms. The monoisotopic (exact) mass is 471 g/mol. The number of H-pyrrole nitrogens is 1. The van der Waals surface area contributed by atoms with Crippen molar-refractivity contribution in [2.24, 2.45) is 0 Å². The molecule has 176 valence electrons. The first-order valence-corrected chi connectivity index (χ1v) is 10.9. The summed E-state index contributed by atoms with van der Waals surface area (Å²) in [6.07, 6.45) is 2.22. The lowest BCUT2D eigenvalue weighted by molar-refractivity contribution is 0.0953. The summed E-state index contributed by atoms with van der Waals surface area (Å²) in [5.74, 6) is -0.739. The minimum atomic E-state index is -0.663. The van der Waals surface area contributed by atoms with Crippen LogP contribution in [0, 0.1) is 17.1 Å². The molecule has 4 N–H and O–H groups in total. The van der Waals surface area contributed by atoms with Gasteiger partial charge in [0, 0.05) is 34.8 Å². The molecular weight excluding hydrogens is 449 g/mol. The number of nitrogens with two attached hydrogens (primary N) is 1. The van der Waals surface area contributed by atoms with E-state index in [1.165, 1.54) is 24.4 Å². The third-order valence-electron chi connectivity index (χ3n) is 5.47. The second-order valence-corrected chi connectivity index (χ2v) is 7.78. The standard InChI is InChI=1S/C26H22FN5O3/c1-2-10-31-25(33)22-23(29)18-7-3-6-17(24(18)32-26(22)34)19-12-16(8-9-20(19)27)35-14-15-5-4-11-30-21(15)13-28/h3-9,11-12H,2,10,14H2,1H3,(H,31,33)(H3,29,32,34). The molecule has 0 atom stereocenters. The number of pyridine rings is 2. The number of amides is 1. The van der Waals surface area contributed by atoms with Crippen molar-refractivity contribution in [1.82, 2.24) is 15.3 Å². The minimum Gasteiger partial charge on any atom is -0.489 e. The molecule has 35 heavy (non-hydrogen) atoms. The number of halogens is 1. The molecule has 4 rings (SSSR count). The molecule has 0 aliphatic carbocycles. The van der Waals surface area contributed by atoms with E-state index < -0.39 is 17.3 Å². The number of hydrogen-bond donors (Lipinski definition) is 3. The van der Waals surface area contributed by atoms with E-state index in [1.807, 2.05) is 13.0 Å². The number of nitriles is 1. The van der Waals surface area contributed by atoms with E-state index in [9.17, 15) is 19.2 Å². The molecule has 2 heterocycles. The summed E-state index contributed by atoms with van der Waals surface area (Å²) in [7, 11) is 0. The maximum Gasteiger partial charge on any atom is 0.263 e. The number of anilines is 1. The molecule has 1 amide bonds. The summed E-state index contributed by atoms with van der Waals surface area (Å²) in [5.41, 5.74) is 7.10. The van der Waals surface area contributed by atoms with Crippen molar-refractivity contribution < 1.29 is 13.9 Å². The molecule has 0 fully saturated rings. The lowest BCUT2D eigenvalue weighted by Gasteiger charge is -2.14. The summed E-state index contributed by atoms with van der Waals surface area (Å²) >= 11 is 0. The maximum absolute atomic E-state index is 14.9. The van der Waals surface area contributed by atoms with Gasteiger partial charge in [0.15, 0.2) is 0 Å². The smallest absolute Gasteiger partial charge is 0.263 e. The van der Waals surface area contributed by atoms with Crippen LogP contribution in [0.15, 0.2) is 59.5 Å². The van der Waals surface area contributed by atoms with Gasteiger partial charge < -0.3 is 20.8 Å². The van der Waals surface area contributed by atoms with Crippen LogP contribution < -0.4 is 21.3 Å². The SMILES string of the molecule is CCCNC(=O)c1c(N)c2cccc(-c3cc(OCc4cccnc4C#N)ccc3F)c2[nH]c1=O. The van der Waals surface area contributed by atoms with E-state index in [-0.39, 0.29) is 29.1 Å². The average Bonchev–Trinajstić information content (AvgIpc) is 2.87. The summed E-state index contributed by atoms with van der Waals surface area (Å²) in [5, 5.41) is 12.3. The molecule has 2 aromatic carbocycles. The molecule has 0 unspecified atom stereocenters. The fraction of sp³-hybridized carbons (Fsp3) is 0.154. The van der Waals surface area contributed by atoms with Crippen LogP contribution in [0.2, 0.25) is 0 Å². The van der Waals surface area contributed by atoms with Crippen molar-refractivity contribution in [2.75, 3.05) is 12.3 Å². The van der Waals surface area contributed by atoms with Crippen LogP contribution in [0.4, 0.5) is 10.1 Å². The van der Waals surface area contributed by atoms with Gasteiger partial charge >= 0.3 is 0 Å². The Labute approximate surface area is 200 Å². The topological polar surface area (TPSA) is 134 Å². The van der Waals surface area contributed by atoms with E-state index in [2.05, 4.69) is 15.3 Å². The molecule has 0 saturated heterocycles. The van der Waals surface area contributed by atoms with Gasteiger partial charge in [-0.15, -0.1) is 0 Å². The predicted molar refractivity (Wildman–Crippen MR) is 130 cm³/mol. The van der Waals surface area contributed by atoms with Gasteiger partial charge in [-0.3, -0.25) is 9.59 Å². The zero-order valence-electron chi connectivity index (χ0n) is 18.9. The highest BCUT2D eigenvalue weighted by atomic mass is 19.1. The van der Waals surface area contributed by atoms with Gasteiger partial charge in [-0.2, -0.15) is 5.26 Å². The Bertz CT molecular complexity index is 1520. The van der Waals surface area contributed by atoms with Gasteiger partial charge in [-0.25, -0.2) is 9.37 Å². The van der Waals surface area contributed by atoms with Gasteiger partial charge in [0.05, 0.1) is 11.2 Å². The van der Waals surface area contributed by atoms with Crippen LogP contribution in [0.3, 0.4) is 0 Å². The van der Waals surface area contributed by atoms with Gasteiger partial charge in [0.1, 0.15) is 35.5 Å². The zero-order valence-corrected chi connectivity index (χ0v) is 18.9. The van der Waals surface area contributed by atoms with Crippen molar-refractivity contribution in [3.63, 3.8) is 0 Å². The van der Waals surface area contributed by atoms with Crippen LogP contribution in [0.1, 0.15) is 35.0 Å². The second-order valence-electron chi connectivity index (χ2n) is 7.78. The van der Waals surface area contributed by atoms with Crippen molar-refractivity contribution >= 4 is 22.5 Å². The largest absolute Gasteiger partial charge is 0.489 e. The van der Waals surface area contributed by atoms with E-state index in [4.69, 9.17) is 10.5 Å². The number of nitrogen functional groups attached to an aromatic ring is 1. The molecule has 0 aliphatic rings. The Balaban J connectivity index is 1.74. The van der Waals surface area contributed by atoms with E-state index in [0.717, 1.165) is 0 Å². The van der Waals surface area contributed by atoms with Crippen LogP contribution in [0.25, 0.3) is 22.0 Å². The number of fused-ring (bicyclic) bond motifs is 1. The minimum absolute atomic E-state index is 0.0210. The zero-order chi connectivity index (χ0) is 24.9. The summed E-state index contributed by atoms with van der Waals surface area (Å²) < 4.78 is 20.7. The quantitative estimate of drug-likeness (QED) is 0.374. The molecule has 4 aromatic rings. The average molecular weight is 471 g/mol. The third-order valence-corrected chi connectivity index (χ3v) is 5.47. The number of nitrogens with one attached hydrogen (secondary N) is 2. The van der Waals surface area contributed by atoms with Crippen LogP contribution in [0.5, 0.6) is 5.75 Å². The molecular formula is C26H22FN5O3. The molecule has 9 heteroatoms. The number of para-hydroxylation sites is 1. The fourth-order valence-electron chi connectivity index (χ4n) is 3.74. The van der Waals surface area contributed by atoms with Gasteiger partial charge in [-0.05, 0) is 30.7 Å². The molecule has 8 nitrogen and oxygen atoms in total. The highest BCUT2D eigenvalue weighted by Crippen LogP contribution is 2.34. The second kappa shape index (κ2) is 10.1. The number of carbonyl (C=O) groups is 1. The Kier molecular flexibility index (Phi) is 6.73. The first-order chi connectivity index (χ1) is 16.9. The number of benzene rings is 2. The van der Waals surface area contributed by atoms with Crippen LogP contribution in [-0.2, 0) is 6.61 Å². The Morgan fingerprint density at radius 3 is 2.83 bits per heavy atom. The normalized spacial score (nSPS) is 10.7. The third kappa shape index (κ3) is 4.68. The Morgan fingerprint density at radius 2 is 2.06 bits per heavy atom. The summed E-state index contributed by atoms with van der Waals surface area (Å²) in [6, 6.07) is 14.6. The number of nitrogens with zero attached hydrogens (tertiary/aromatic N) is 2. The van der Waals surface area contributed by atoms with Crippen LogP contribution in [-0.4, -0.2) is 22.4 Å². The van der Waals surface area contributed by atoms with Gasteiger partial charge in [0.25, 0.3) is 11.5 Å². The lowest BCUT2D eigenvalue weighted by atomic mass is 9.99. The number of rotatable bonds is 7. The van der Waals surface area contributed by atoms with Crippen molar-refractivity contribution in [3.05, 3.63) is 87.7 Å². The molecule has 0 aliphatic heterocycles. The van der Waals surface area contributed by atoms with E-state index in [0.29, 0.717) is 40.7 Å². The van der Waals surface area contributed by atoms with Crippen molar-refractivity contribution in [1.29, 1.82) is 5.26 Å². The first-order valence-electron chi connectivity index (χ1n) is 10.9. The number of aromatic amines is 1. The Morgan fingerprint density at radius 1 is 1.23 bits per heavy atom. The van der Waals surface area contributed by atoms with Crippen molar-refractivity contribution in [3.8, 4) is 22.9 Å². The van der Waals surface area contributed by atoms with Gasteiger partial charge in [0.2, 0.25) is 0 Å². The molecule has 0 bridgehead atoms. The van der Waals surface area contributed by atoms with E-state index >= 15 is 0 Å². The molecule has 0 radical (unpaired) electrons. The summed E-state index contributed by atoms with van der Waals surface area (Å²) in [6.45, 7) is 2.37. The van der Waals surface area contributed by atoms with E-state index in [1.54, 1.807) is 30.3 Å². The highest BCUT2D eigenvalue weighted by molar-refractivity contribution is 6.09. The number of hydrogen-bond acceptors (Lipinski definition) is 6. The Hall–Kier alpha value is -4.71. The maximum atomic E-state index is 14.9. The number of aromatic nitrogens is 2. The lowest BCUT2D eigenvalue weighted by Crippen LogP contribution is -2.31. The molecule has 0 saturated carbocycles. The highest BCUT2D eigenvalue weighted by Gasteiger charge is 2.20. The predicted octanol–water partition coefficient (Wildman–Crippen LogP) is 3.90. The summed E-state index contributed by atoms with van der Waals surface area (Å²) in [4.78, 5) is 31.9. The van der Waals surface area contributed by atoms with Crippen molar-refractivity contribution in [2.45, 2.75) is 20.0 Å². The van der Waals surface area contributed by atoms with Gasteiger partial charge in [-0.1, -0.05) is 31.2 Å². The molecule has 2 aromatic heterocycles. The first kappa shape index (κ1) is 23.4. The van der Waals surface area contributed by atoms with Crippen LogP contribution >= 0.6 is 0 Å². The fourth-order valence-corrected chi connectivity index (χ4v) is 3.74. The number of carbonyl (C=O) groups excluding carboxylic acids is 1.